The molecule has 7 N–H and O–H groups in total. The van der Waals surface area contributed by atoms with E-state index in [-0.39, 0.29) is 84.8 Å². The smallest absolute Gasteiger partial charge is 0.508 e. The molecule has 2 aliphatic rings. The molecule has 1 fully saturated rings. The molecule has 0 atom stereocenters. The second kappa shape index (κ2) is 25.5. The van der Waals surface area contributed by atoms with Crippen LogP contribution in [0.2, 0.25) is 0 Å². The number of hydrogen-bond acceptors (Lipinski definition) is 15. The number of pyridine rings is 3. The average molecular weight is 1060 g/mol. The maximum Gasteiger partial charge on any atom is 0.586 e. The van der Waals surface area contributed by atoms with Crippen LogP contribution in [0.5, 0.6) is 17.2 Å². The van der Waals surface area contributed by atoms with Crippen LogP contribution in [0.15, 0.2) is 91.3 Å². The average Bonchev–Trinajstić information content (AvgIpc) is 4.23. The molecule has 4 amide bonds. The van der Waals surface area contributed by atoms with Crippen molar-refractivity contribution in [3.63, 3.8) is 0 Å². The van der Waals surface area contributed by atoms with Gasteiger partial charge in [0, 0.05) is 60.7 Å². The molecule has 0 unspecified atom stereocenters. The van der Waals surface area contributed by atoms with Gasteiger partial charge in [0.2, 0.25) is 11.8 Å². The van der Waals surface area contributed by atoms with Gasteiger partial charge in [-0.15, -0.1) is 8.78 Å². The van der Waals surface area contributed by atoms with E-state index in [9.17, 15) is 33.1 Å². The van der Waals surface area contributed by atoms with Crippen LogP contribution in [0.4, 0.5) is 20.4 Å². The normalized spacial score (nSPS) is 13.6. The van der Waals surface area contributed by atoms with Gasteiger partial charge in [0.1, 0.15) is 23.1 Å². The molecule has 4 heterocycles. The summed E-state index contributed by atoms with van der Waals surface area (Å²) < 4.78 is 58.5. The molecule has 0 radical (unpaired) electrons. The molecule has 402 valence electrons. The molecule has 0 bridgehead atoms. The number of aryl methyl sites for hydroxylation is 1. The number of ether oxygens (including phenoxy) is 6. The number of alkyl halides is 2. The van der Waals surface area contributed by atoms with E-state index in [2.05, 4.69) is 57.8 Å². The van der Waals surface area contributed by atoms with Gasteiger partial charge in [-0.3, -0.25) is 24.2 Å². The van der Waals surface area contributed by atoms with Crippen molar-refractivity contribution in [1.82, 2.24) is 30.9 Å². The van der Waals surface area contributed by atoms with E-state index in [1.165, 1.54) is 12.1 Å². The number of fused-ring (bicyclic) bond motifs is 1. The maximum atomic E-state index is 13.6. The van der Waals surface area contributed by atoms with Crippen molar-refractivity contribution < 1.29 is 61.5 Å². The lowest BCUT2D eigenvalue weighted by Crippen LogP contribution is -2.32. The van der Waals surface area contributed by atoms with E-state index in [1.807, 2.05) is 13.8 Å². The largest absolute Gasteiger partial charge is 0.586 e. The third-order valence-corrected chi connectivity index (χ3v) is 12.6. The summed E-state index contributed by atoms with van der Waals surface area (Å²) >= 11 is 0. The highest BCUT2D eigenvalue weighted by Gasteiger charge is 2.53. The van der Waals surface area contributed by atoms with Crippen molar-refractivity contribution in [2.75, 3.05) is 83.5 Å². The zero-order valence-electron chi connectivity index (χ0n) is 42.5. The van der Waals surface area contributed by atoms with Crippen LogP contribution >= 0.6 is 0 Å². The van der Waals surface area contributed by atoms with E-state index in [0.717, 1.165) is 33.4 Å². The number of aromatic hydroxyl groups is 1. The second-order valence-electron chi connectivity index (χ2n) is 18.0. The quantitative estimate of drug-likeness (QED) is 0.0307. The highest BCUT2D eigenvalue weighted by Crippen LogP contribution is 2.52. The molecular weight excluding hydrogens is 999 g/mol. The molecule has 19 nitrogen and oxygen atoms in total. The number of phenols is 1. The third-order valence-electron chi connectivity index (χ3n) is 12.6. The standard InChI is InChI=1S/C56H58F2N8O11/c1-3-42-43(34-64-51(59)49(42)36-8-12-41(67)13-9-36)39-10-14-44(63-33-39)53(70)61-20-17-48(68)60-21-23-72-25-27-74-29-30-75-28-26-73-24-22-62-52(69)38-6-4-5-37(31-38)50-35(2)7-16-47(65-50)66-54(71)55(18-19-55)40-11-15-45-46(32-40)77-56(57,58)76-45/h5,7-16,31-34,67H,3,17-30H2,1-2H3,(H2,59,64)(H,60,68)(H,61,70)(H,62,69)(H,65,66,71). The summed E-state index contributed by atoms with van der Waals surface area (Å²) in [6.45, 7) is 7.05. The molecule has 0 saturated heterocycles. The van der Waals surface area contributed by atoms with E-state index < -0.39 is 17.6 Å². The van der Waals surface area contributed by atoms with Gasteiger partial charge in [-0.25, -0.2) is 9.97 Å². The van der Waals surface area contributed by atoms with Gasteiger partial charge >= 0.3 is 6.29 Å². The predicted molar refractivity (Wildman–Crippen MR) is 278 cm³/mol. The van der Waals surface area contributed by atoms with E-state index in [1.54, 1.807) is 79.1 Å². The number of hydrogen-bond donors (Lipinski definition) is 6. The molecule has 3 aromatic heterocycles. The van der Waals surface area contributed by atoms with Crippen LogP contribution in [0.25, 0.3) is 33.5 Å². The molecule has 1 aliphatic heterocycles. The summed E-state index contributed by atoms with van der Waals surface area (Å²) in [6.07, 6.45) is 1.31. The van der Waals surface area contributed by atoms with Crippen molar-refractivity contribution in [3.05, 3.63) is 131 Å². The summed E-state index contributed by atoms with van der Waals surface area (Å²) in [6, 6.07) is 27.0. The molecule has 77 heavy (non-hydrogen) atoms. The highest BCUT2D eigenvalue weighted by molar-refractivity contribution is 6.01. The molecule has 0 spiro atoms. The Labute approximate surface area is 443 Å². The number of nitrogens with two attached hydrogens (primary N) is 1. The number of halogens is 2. The number of phenolic OH excluding ortho intramolecular Hbond substituents is 1. The maximum absolute atomic E-state index is 13.6. The van der Waals surface area contributed by atoms with Crippen LogP contribution < -0.4 is 36.5 Å². The van der Waals surface area contributed by atoms with Crippen molar-refractivity contribution >= 4 is 35.3 Å². The third kappa shape index (κ3) is 14.4. The fourth-order valence-corrected chi connectivity index (χ4v) is 8.47. The number of aromatic nitrogens is 3. The number of benzene rings is 2. The number of nitrogens with zero attached hydrogens (tertiary/aromatic N) is 3. The summed E-state index contributed by atoms with van der Waals surface area (Å²) in [5, 5.41) is 20.9. The van der Waals surface area contributed by atoms with Crippen LogP contribution in [-0.4, -0.2) is 122 Å². The van der Waals surface area contributed by atoms with Crippen molar-refractivity contribution in [1.29, 1.82) is 0 Å². The lowest BCUT2D eigenvalue weighted by molar-refractivity contribution is -0.286. The minimum absolute atomic E-state index is 0.0782. The van der Waals surface area contributed by atoms with Crippen LogP contribution in [0, 0.1) is 19.1 Å². The van der Waals surface area contributed by atoms with E-state index in [0.29, 0.717) is 88.1 Å². The fourth-order valence-electron chi connectivity index (χ4n) is 8.47. The molecule has 21 heteroatoms. The summed E-state index contributed by atoms with van der Waals surface area (Å²) in [7, 11) is 0. The minimum Gasteiger partial charge on any atom is -0.508 e. The van der Waals surface area contributed by atoms with Gasteiger partial charge in [0.05, 0.1) is 69.5 Å². The van der Waals surface area contributed by atoms with Gasteiger partial charge in [-0.05, 0) is 97.0 Å². The van der Waals surface area contributed by atoms with Crippen molar-refractivity contribution in [3.8, 4) is 50.8 Å². The lowest BCUT2D eigenvalue weighted by atomic mass is 9.92. The zero-order valence-corrected chi connectivity index (χ0v) is 42.5. The first kappa shape index (κ1) is 55.0. The van der Waals surface area contributed by atoms with Crippen molar-refractivity contribution in [2.45, 2.75) is 51.2 Å². The Morgan fingerprint density at radius 2 is 1.40 bits per heavy atom. The van der Waals surface area contributed by atoms with Crippen LogP contribution in [0.3, 0.4) is 0 Å². The molecule has 1 aliphatic carbocycles. The first-order chi connectivity index (χ1) is 37.2. The predicted octanol–water partition coefficient (Wildman–Crippen LogP) is 6.36. The SMILES string of the molecule is CCc1c(-c2ccc(C(=O)NCCC(=O)NCCOCCOCCOCCOCCNC(=O)c3c#ccc(-c4nc(NC(=O)C5(c6ccc7c(c6)OC(F)(F)O7)CC5)ccc4C)c3)nc2)cnc(N)c1-c1ccc(O)cc1. The Hall–Kier alpha value is -8.29. The van der Waals surface area contributed by atoms with Gasteiger partial charge in [0.25, 0.3) is 11.8 Å². The second-order valence-corrected chi connectivity index (χ2v) is 18.0. The van der Waals surface area contributed by atoms with E-state index in [4.69, 9.17) is 24.7 Å². The topological polar surface area (TPSA) is 257 Å². The first-order valence-electron chi connectivity index (χ1n) is 25.0. The minimum atomic E-state index is -3.76. The number of rotatable bonds is 27. The van der Waals surface area contributed by atoms with E-state index >= 15 is 0 Å². The Bertz CT molecular complexity index is 3050. The number of nitrogen functional groups attached to an aromatic ring is 1. The van der Waals surface area contributed by atoms with Crippen molar-refractivity contribution in [2.24, 2.45) is 0 Å². The summed E-state index contributed by atoms with van der Waals surface area (Å²) in [4.78, 5) is 65.0. The van der Waals surface area contributed by atoms with Gasteiger partial charge in [-0.2, -0.15) is 0 Å². The fraction of sp³-hybridized carbons (Fsp3) is 0.339. The van der Waals surface area contributed by atoms with Gasteiger partial charge in [0.15, 0.2) is 11.5 Å². The Balaban J connectivity index is 0.630. The molecule has 3 aromatic carbocycles. The number of carbonyl (C=O) groups excluding carboxylic acids is 4. The molecular formula is C56H58F2N8O11. The van der Waals surface area contributed by atoms with Crippen LogP contribution in [0.1, 0.15) is 63.7 Å². The summed E-state index contributed by atoms with van der Waals surface area (Å²) in [5.41, 5.74) is 12.4. The Morgan fingerprint density at radius 3 is 2.08 bits per heavy atom. The zero-order chi connectivity index (χ0) is 54.4. The van der Waals surface area contributed by atoms with Gasteiger partial charge in [-0.1, -0.05) is 49.4 Å². The highest BCUT2D eigenvalue weighted by atomic mass is 19.3. The Kier molecular flexibility index (Phi) is 18.2. The monoisotopic (exact) mass is 1060 g/mol. The Morgan fingerprint density at radius 1 is 0.740 bits per heavy atom. The lowest BCUT2D eigenvalue weighted by Gasteiger charge is -2.17. The first-order valence-corrected chi connectivity index (χ1v) is 25.0. The van der Waals surface area contributed by atoms with Crippen LogP contribution in [-0.2, 0) is 40.4 Å². The van der Waals surface area contributed by atoms with Gasteiger partial charge < -0.3 is 60.5 Å². The molecule has 8 rings (SSSR count). The molecule has 1 saturated carbocycles. The number of carbonyl (C=O) groups is 4. The molecule has 6 aromatic rings. The number of anilines is 2. The summed E-state index contributed by atoms with van der Waals surface area (Å²) in [5.74, 6) is -0.774. The number of amides is 4. The number of nitrogens with one attached hydrogen (secondary N) is 4.